The fourth-order valence-electron chi connectivity index (χ4n) is 1.67. The van der Waals surface area contributed by atoms with Crippen molar-refractivity contribution in [1.29, 1.82) is 5.26 Å². The number of nitrogens with zero attached hydrogens (tertiary/aromatic N) is 2. The third-order valence-electron chi connectivity index (χ3n) is 2.52. The Morgan fingerprint density at radius 2 is 1.95 bits per heavy atom. The molecule has 1 aromatic heterocycles. The number of halogens is 2. The first-order chi connectivity index (χ1) is 9.01. The fraction of sp³-hybridized carbons (Fsp3) is 0.143. The van der Waals surface area contributed by atoms with Crippen LogP contribution >= 0.6 is 23.2 Å². The van der Waals surface area contributed by atoms with Crippen molar-refractivity contribution in [3.63, 3.8) is 0 Å². The second-order valence-corrected chi connectivity index (χ2v) is 4.89. The molecule has 0 atom stereocenters. The summed E-state index contributed by atoms with van der Waals surface area (Å²) in [6.45, 7) is 3.67. The lowest BCUT2D eigenvalue weighted by Gasteiger charge is -2.10. The Bertz CT molecular complexity index is 678. The van der Waals surface area contributed by atoms with Gasteiger partial charge in [0.1, 0.15) is 17.4 Å². The third-order valence-corrected chi connectivity index (χ3v) is 3.07. The van der Waals surface area contributed by atoms with Crippen molar-refractivity contribution < 1.29 is 4.74 Å². The molecule has 0 aliphatic carbocycles. The zero-order valence-corrected chi connectivity index (χ0v) is 11.9. The quantitative estimate of drug-likeness (QED) is 0.808. The molecular weight excluding hydrogens is 283 g/mol. The van der Waals surface area contributed by atoms with E-state index in [9.17, 15) is 0 Å². The summed E-state index contributed by atoms with van der Waals surface area (Å²) in [5.74, 6) is 0.618. The number of pyridine rings is 1. The minimum atomic E-state index is 0.240. The molecule has 0 radical (unpaired) electrons. The molecule has 96 valence electrons. The average molecular weight is 293 g/mol. The number of aromatic nitrogens is 1. The molecular formula is C14H10Cl2N2O. The molecule has 0 spiro atoms. The van der Waals surface area contributed by atoms with Crippen molar-refractivity contribution in [3.8, 4) is 17.7 Å². The largest absolute Gasteiger partial charge is 0.436 e. The molecule has 0 bridgehead atoms. The zero-order chi connectivity index (χ0) is 14.0. The van der Waals surface area contributed by atoms with Crippen LogP contribution < -0.4 is 4.74 Å². The number of rotatable bonds is 2. The van der Waals surface area contributed by atoms with Crippen LogP contribution in [0, 0.1) is 25.2 Å². The van der Waals surface area contributed by atoms with Gasteiger partial charge in [-0.05, 0) is 37.6 Å². The first kappa shape index (κ1) is 13.7. The van der Waals surface area contributed by atoms with Gasteiger partial charge in [-0.25, -0.2) is 4.98 Å². The molecule has 1 aromatic carbocycles. The van der Waals surface area contributed by atoms with Crippen LogP contribution in [0.1, 0.15) is 16.8 Å². The molecule has 0 fully saturated rings. The van der Waals surface area contributed by atoms with Gasteiger partial charge in [-0.1, -0.05) is 23.2 Å². The second-order valence-electron chi connectivity index (χ2n) is 4.05. The fourth-order valence-corrected chi connectivity index (χ4v) is 1.99. The first-order valence-corrected chi connectivity index (χ1v) is 6.28. The Morgan fingerprint density at radius 3 is 2.63 bits per heavy atom. The van der Waals surface area contributed by atoms with Crippen molar-refractivity contribution in [2.75, 3.05) is 0 Å². The average Bonchev–Trinajstić information content (AvgIpc) is 2.33. The molecule has 2 aromatic rings. The Labute approximate surface area is 121 Å². The van der Waals surface area contributed by atoms with Gasteiger partial charge in [0.25, 0.3) is 0 Å². The highest BCUT2D eigenvalue weighted by Gasteiger charge is 2.12. The van der Waals surface area contributed by atoms with Crippen LogP contribution in [0.15, 0.2) is 24.3 Å². The topological polar surface area (TPSA) is 45.9 Å². The molecule has 0 N–H and O–H groups in total. The molecule has 0 aliphatic heterocycles. The minimum Gasteiger partial charge on any atom is -0.436 e. The van der Waals surface area contributed by atoms with Gasteiger partial charge in [-0.3, -0.25) is 0 Å². The minimum absolute atomic E-state index is 0.240. The van der Waals surface area contributed by atoms with Gasteiger partial charge >= 0.3 is 0 Å². The summed E-state index contributed by atoms with van der Waals surface area (Å²) in [4.78, 5) is 4.22. The van der Waals surface area contributed by atoms with E-state index in [2.05, 4.69) is 11.1 Å². The summed E-state index contributed by atoms with van der Waals surface area (Å²) in [7, 11) is 0. The van der Waals surface area contributed by atoms with Gasteiger partial charge in [-0.2, -0.15) is 5.26 Å². The van der Waals surface area contributed by atoms with Crippen LogP contribution in [0.5, 0.6) is 11.6 Å². The predicted molar refractivity (Wildman–Crippen MR) is 75.0 cm³/mol. The number of ether oxygens (including phenoxy) is 1. The van der Waals surface area contributed by atoms with E-state index in [1.54, 1.807) is 18.2 Å². The van der Waals surface area contributed by atoms with Gasteiger partial charge in [0, 0.05) is 16.8 Å². The zero-order valence-electron chi connectivity index (χ0n) is 10.4. The monoisotopic (exact) mass is 292 g/mol. The highest BCUT2D eigenvalue weighted by Crippen LogP contribution is 2.33. The van der Waals surface area contributed by atoms with Gasteiger partial charge in [0.15, 0.2) is 0 Å². The Kier molecular flexibility index (Phi) is 3.94. The standard InChI is InChI=1S/C14H10Cl2N2O/c1-8-5-9(2)18-14(11(8)7-17)19-13-6-10(15)3-4-12(13)16/h3-6H,1-2H3. The number of benzene rings is 1. The molecule has 19 heavy (non-hydrogen) atoms. The molecule has 0 aliphatic rings. The van der Waals surface area contributed by atoms with Crippen LogP contribution in [-0.2, 0) is 0 Å². The smallest absolute Gasteiger partial charge is 0.237 e. The van der Waals surface area contributed by atoms with E-state index in [4.69, 9.17) is 33.2 Å². The lowest BCUT2D eigenvalue weighted by molar-refractivity contribution is 0.459. The third kappa shape index (κ3) is 2.98. The maximum absolute atomic E-state index is 9.16. The summed E-state index contributed by atoms with van der Waals surface area (Å²) in [6.07, 6.45) is 0. The summed E-state index contributed by atoms with van der Waals surface area (Å²) in [6, 6.07) is 8.79. The number of nitriles is 1. The summed E-state index contributed by atoms with van der Waals surface area (Å²) in [5.41, 5.74) is 1.97. The predicted octanol–water partition coefficient (Wildman–Crippen LogP) is 4.67. The Hall–Kier alpha value is -1.76. The van der Waals surface area contributed by atoms with Crippen LogP contribution in [0.3, 0.4) is 0 Å². The summed E-state index contributed by atoms with van der Waals surface area (Å²) >= 11 is 11.9. The molecule has 1 heterocycles. The lowest BCUT2D eigenvalue weighted by atomic mass is 10.1. The van der Waals surface area contributed by atoms with Crippen molar-refractivity contribution in [2.24, 2.45) is 0 Å². The van der Waals surface area contributed by atoms with E-state index in [0.29, 0.717) is 21.4 Å². The number of hydrogen-bond donors (Lipinski definition) is 0. The number of aryl methyl sites for hydroxylation is 2. The highest BCUT2D eigenvalue weighted by atomic mass is 35.5. The van der Waals surface area contributed by atoms with E-state index in [0.717, 1.165) is 11.3 Å². The molecule has 0 unspecified atom stereocenters. The van der Waals surface area contributed by atoms with Crippen LogP contribution in [-0.4, -0.2) is 4.98 Å². The summed E-state index contributed by atoms with van der Waals surface area (Å²) in [5, 5.41) is 10.1. The van der Waals surface area contributed by atoms with Gasteiger partial charge in [-0.15, -0.1) is 0 Å². The van der Waals surface area contributed by atoms with Crippen molar-refractivity contribution in [3.05, 3.63) is 51.1 Å². The van der Waals surface area contributed by atoms with Crippen LogP contribution in [0.4, 0.5) is 0 Å². The molecule has 5 heteroatoms. The second kappa shape index (κ2) is 5.48. The first-order valence-electron chi connectivity index (χ1n) is 5.52. The SMILES string of the molecule is Cc1cc(C)c(C#N)c(Oc2cc(Cl)ccc2Cl)n1. The van der Waals surface area contributed by atoms with Gasteiger partial charge in [0.05, 0.1) is 5.02 Å². The van der Waals surface area contributed by atoms with Gasteiger partial charge in [0.2, 0.25) is 5.88 Å². The molecule has 2 rings (SSSR count). The lowest BCUT2D eigenvalue weighted by Crippen LogP contribution is -1.97. The van der Waals surface area contributed by atoms with Crippen molar-refractivity contribution in [2.45, 2.75) is 13.8 Å². The maximum atomic E-state index is 9.16. The van der Waals surface area contributed by atoms with Gasteiger partial charge < -0.3 is 4.74 Å². The summed E-state index contributed by atoms with van der Waals surface area (Å²) < 4.78 is 5.62. The van der Waals surface area contributed by atoms with Crippen molar-refractivity contribution in [1.82, 2.24) is 4.98 Å². The number of hydrogen-bond acceptors (Lipinski definition) is 3. The molecule has 0 saturated carbocycles. The van der Waals surface area contributed by atoms with Crippen LogP contribution in [0.2, 0.25) is 10.0 Å². The molecule has 3 nitrogen and oxygen atoms in total. The Morgan fingerprint density at radius 1 is 1.21 bits per heavy atom. The van der Waals surface area contributed by atoms with Crippen molar-refractivity contribution >= 4 is 23.2 Å². The van der Waals surface area contributed by atoms with E-state index in [1.807, 2.05) is 19.9 Å². The highest BCUT2D eigenvalue weighted by molar-refractivity contribution is 6.34. The maximum Gasteiger partial charge on any atom is 0.237 e. The van der Waals surface area contributed by atoms with E-state index in [-0.39, 0.29) is 5.88 Å². The van der Waals surface area contributed by atoms with E-state index >= 15 is 0 Å². The van der Waals surface area contributed by atoms with Crippen LogP contribution in [0.25, 0.3) is 0 Å². The molecule has 0 saturated heterocycles. The normalized spacial score (nSPS) is 10.1. The van der Waals surface area contributed by atoms with E-state index in [1.165, 1.54) is 0 Å². The molecule has 0 amide bonds. The Balaban J connectivity index is 2.49. The van der Waals surface area contributed by atoms with E-state index < -0.39 is 0 Å².